The molecule has 2 aliphatic rings. The van der Waals surface area contributed by atoms with E-state index in [9.17, 15) is 13.6 Å². The molecule has 3 rings (SSSR count). The first-order chi connectivity index (χ1) is 12.6. The van der Waals surface area contributed by atoms with Crippen molar-refractivity contribution in [2.75, 3.05) is 39.9 Å². The lowest BCUT2D eigenvalue weighted by atomic mass is 9.88. The summed E-state index contributed by atoms with van der Waals surface area (Å²) in [5, 5.41) is 0. The molecule has 144 valence electrons. The predicted octanol–water partition coefficient (Wildman–Crippen LogP) is 3.00. The normalized spacial score (nSPS) is 24.2. The third kappa shape index (κ3) is 4.07. The van der Waals surface area contributed by atoms with Crippen molar-refractivity contribution in [2.45, 2.75) is 44.1 Å². The first kappa shape index (κ1) is 19.2. The molecular formula is C20H28F2N2O2. The maximum absolute atomic E-state index is 13.9. The summed E-state index contributed by atoms with van der Waals surface area (Å²) in [5.74, 6) is -1.92. The van der Waals surface area contributed by atoms with Gasteiger partial charge in [-0.2, -0.15) is 0 Å². The molecule has 0 saturated carbocycles. The summed E-state index contributed by atoms with van der Waals surface area (Å²) < 4.78 is 32.5. The van der Waals surface area contributed by atoms with E-state index < -0.39 is 11.6 Å². The number of nitrogens with zero attached hydrogens (tertiary/aromatic N) is 2. The zero-order chi connectivity index (χ0) is 18.6. The largest absolute Gasteiger partial charge is 0.383 e. The predicted molar refractivity (Wildman–Crippen MR) is 95.9 cm³/mol. The molecule has 1 amide bonds. The van der Waals surface area contributed by atoms with Crippen LogP contribution in [0.1, 0.15) is 37.7 Å². The van der Waals surface area contributed by atoms with Gasteiger partial charge < -0.3 is 9.64 Å². The van der Waals surface area contributed by atoms with E-state index in [2.05, 4.69) is 4.90 Å². The van der Waals surface area contributed by atoms with Crippen LogP contribution < -0.4 is 0 Å². The van der Waals surface area contributed by atoms with Crippen molar-refractivity contribution < 1.29 is 18.3 Å². The van der Waals surface area contributed by atoms with Gasteiger partial charge in [0.1, 0.15) is 0 Å². The van der Waals surface area contributed by atoms with Gasteiger partial charge >= 0.3 is 0 Å². The molecule has 2 fully saturated rings. The van der Waals surface area contributed by atoms with Crippen molar-refractivity contribution in [3.63, 3.8) is 0 Å². The van der Waals surface area contributed by atoms with Gasteiger partial charge in [0, 0.05) is 37.8 Å². The zero-order valence-electron chi connectivity index (χ0n) is 15.5. The number of methoxy groups -OCH3 is 1. The summed E-state index contributed by atoms with van der Waals surface area (Å²) in [6.45, 7) is 4.11. The molecule has 6 heteroatoms. The molecule has 1 unspecified atom stereocenters. The number of amides is 1. The molecule has 1 aromatic carbocycles. The number of ether oxygens (including phenoxy) is 1. The number of hydrogen-bond donors (Lipinski definition) is 0. The van der Waals surface area contributed by atoms with E-state index in [1.165, 1.54) is 18.6 Å². The summed E-state index contributed by atoms with van der Waals surface area (Å²) in [6, 6.07) is 4.01. The lowest BCUT2D eigenvalue weighted by Crippen LogP contribution is -2.46. The van der Waals surface area contributed by atoms with Crippen molar-refractivity contribution in [3.05, 3.63) is 35.4 Å². The highest BCUT2D eigenvalue weighted by atomic mass is 19.2. The first-order valence-corrected chi connectivity index (χ1v) is 9.50. The molecule has 1 atom stereocenters. The fourth-order valence-electron chi connectivity index (χ4n) is 4.50. The van der Waals surface area contributed by atoms with Crippen LogP contribution in [0.4, 0.5) is 8.78 Å². The van der Waals surface area contributed by atoms with Gasteiger partial charge in [0.05, 0.1) is 13.0 Å². The van der Waals surface area contributed by atoms with Gasteiger partial charge in [-0.3, -0.25) is 9.69 Å². The van der Waals surface area contributed by atoms with E-state index in [1.807, 2.05) is 4.90 Å². The average molecular weight is 366 g/mol. The topological polar surface area (TPSA) is 32.8 Å². The molecule has 2 saturated heterocycles. The second-order valence-electron chi connectivity index (χ2n) is 7.43. The van der Waals surface area contributed by atoms with Crippen LogP contribution in [-0.2, 0) is 16.0 Å². The van der Waals surface area contributed by atoms with Crippen molar-refractivity contribution in [1.82, 2.24) is 9.80 Å². The average Bonchev–Trinajstić information content (AvgIpc) is 2.88. The highest BCUT2D eigenvalue weighted by Crippen LogP contribution is 2.38. The molecular weight excluding hydrogens is 338 g/mol. The summed E-state index contributed by atoms with van der Waals surface area (Å²) in [7, 11) is 1.72. The Morgan fingerprint density at radius 3 is 2.69 bits per heavy atom. The fourth-order valence-corrected chi connectivity index (χ4v) is 4.50. The number of hydrogen-bond acceptors (Lipinski definition) is 3. The van der Waals surface area contributed by atoms with Gasteiger partial charge in [-0.05, 0) is 44.7 Å². The summed E-state index contributed by atoms with van der Waals surface area (Å²) in [5.41, 5.74) is 0.300. The van der Waals surface area contributed by atoms with Gasteiger partial charge in [-0.15, -0.1) is 0 Å². The summed E-state index contributed by atoms with van der Waals surface area (Å²) >= 11 is 0. The zero-order valence-corrected chi connectivity index (χ0v) is 15.5. The smallest absolute Gasteiger partial charge is 0.227 e. The van der Waals surface area contributed by atoms with Crippen molar-refractivity contribution in [3.8, 4) is 0 Å². The Kier molecular flexibility index (Phi) is 6.24. The van der Waals surface area contributed by atoms with E-state index in [-0.39, 0.29) is 23.4 Å². The third-order valence-corrected chi connectivity index (χ3v) is 5.95. The number of carbonyl (C=O) groups is 1. The van der Waals surface area contributed by atoms with Crippen LogP contribution in [0.3, 0.4) is 0 Å². The maximum Gasteiger partial charge on any atom is 0.227 e. The van der Waals surface area contributed by atoms with Crippen molar-refractivity contribution in [1.29, 1.82) is 0 Å². The molecule has 1 aromatic rings. The van der Waals surface area contributed by atoms with Gasteiger partial charge in [-0.1, -0.05) is 12.1 Å². The van der Waals surface area contributed by atoms with Crippen LogP contribution in [0.5, 0.6) is 0 Å². The number of halogens is 2. The standard InChI is InChI=1S/C20H28F2N2O2/c1-26-14-13-24-11-4-8-20(24)7-3-10-23(12-9-20)18(25)15-16-5-2-6-17(21)19(16)22/h2,5-6H,3-4,7-15H2,1H3. The number of carbonyl (C=O) groups excluding carboxylic acids is 1. The molecule has 2 heterocycles. The van der Waals surface area contributed by atoms with Crippen molar-refractivity contribution in [2.24, 2.45) is 0 Å². The quantitative estimate of drug-likeness (QED) is 0.803. The highest BCUT2D eigenvalue weighted by molar-refractivity contribution is 5.78. The van der Waals surface area contributed by atoms with Crippen LogP contribution >= 0.6 is 0 Å². The minimum Gasteiger partial charge on any atom is -0.383 e. The Morgan fingerprint density at radius 2 is 1.92 bits per heavy atom. The maximum atomic E-state index is 13.9. The molecule has 4 nitrogen and oxygen atoms in total. The van der Waals surface area contributed by atoms with E-state index in [4.69, 9.17) is 4.74 Å². The minimum atomic E-state index is -0.909. The minimum absolute atomic E-state index is 0.0794. The molecule has 26 heavy (non-hydrogen) atoms. The third-order valence-electron chi connectivity index (χ3n) is 5.95. The van der Waals surface area contributed by atoms with E-state index in [0.717, 1.165) is 51.4 Å². The van der Waals surface area contributed by atoms with Crippen LogP contribution in [0, 0.1) is 11.6 Å². The number of rotatable bonds is 5. The molecule has 0 N–H and O–H groups in total. The molecule has 0 bridgehead atoms. The second kappa shape index (κ2) is 8.44. The number of likely N-dealkylation sites (tertiary alicyclic amines) is 2. The van der Waals surface area contributed by atoms with Gasteiger partial charge in [0.25, 0.3) is 0 Å². The highest BCUT2D eigenvalue weighted by Gasteiger charge is 2.41. The monoisotopic (exact) mass is 366 g/mol. The Hall–Kier alpha value is -1.53. The first-order valence-electron chi connectivity index (χ1n) is 9.50. The fraction of sp³-hybridized carbons (Fsp3) is 0.650. The molecule has 1 spiro atoms. The Labute approximate surface area is 154 Å². The van der Waals surface area contributed by atoms with Crippen LogP contribution in [-0.4, -0.2) is 61.1 Å². The Balaban J connectivity index is 1.63. The molecule has 0 aliphatic carbocycles. The van der Waals surface area contributed by atoms with Gasteiger partial charge in [0.2, 0.25) is 5.91 Å². The Morgan fingerprint density at radius 1 is 1.15 bits per heavy atom. The SMILES string of the molecule is COCCN1CCCC12CCCN(C(=O)Cc1cccc(F)c1F)CC2. The lowest BCUT2D eigenvalue weighted by molar-refractivity contribution is -0.130. The van der Waals surface area contributed by atoms with Crippen molar-refractivity contribution >= 4 is 5.91 Å². The van der Waals surface area contributed by atoms with Gasteiger partial charge in [0.15, 0.2) is 11.6 Å². The summed E-state index contributed by atoms with van der Waals surface area (Å²) in [6.07, 6.45) is 5.23. The Bertz CT molecular complexity index is 640. The summed E-state index contributed by atoms with van der Waals surface area (Å²) in [4.78, 5) is 17.0. The second-order valence-corrected chi connectivity index (χ2v) is 7.43. The van der Waals surface area contributed by atoms with Crippen LogP contribution in [0.25, 0.3) is 0 Å². The number of benzene rings is 1. The molecule has 2 aliphatic heterocycles. The van der Waals surface area contributed by atoms with Gasteiger partial charge in [-0.25, -0.2) is 8.78 Å². The molecule has 0 aromatic heterocycles. The lowest BCUT2D eigenvalue weighted by Gasteiger charge is -2.38. The van der Waals surface area contributed by atoms with E-state index >= 15 is 0 Å². The van der Waals surface area contributed by atoms with Crippen LogP contribution in [0.2, 0.25) is 0 Å². The van der Waals surface area contributed by atoms with Crippen LogP contribution in [0.15, 0.2) is 18.2 Å². The van der Waals surface area contributed by atoms with E-state index in [0.29, 0.717) is 13.1 Å². The van der Waals surface area contributed by atoms with E-state index in [1.54, 1.807) is 7.11 Å². The molecule has 0 radical (unpaired) electrons.